The van der Waals surface area contributed by atoms with Crippen LogP contribution < -0.4 is 5.32 Å². The number of hydrogen-bond acceptors (Lipinski definition) is 3. The number of nitrogens with one attached hydrogen (secondary N) is 1. The smallest absolute Gasteiger partial charge is 0.362 e. The molecule has 0 rings (SSSR count). The Morgan fingerprint density at radius 3 is 2.75 bits per heavy atom. The summed E-state index contributed by atoms with van der Waals surface area (Å²) in [5, 5.41) is 5.53. The van der Waals surface area contributed by atoms with Crippen molar-refractivity contribution in [3.8, 4) is 0 Å². The van der Waals surface area contributed by atoms with Gasteiger partial charge in [-0.25, -0.2) is 0 Å². The molecule has 0 aromatic heterocycles. The Morgan fingerprint density at radius 2 is 2.19 bits per heavy atom. The number of alkyl halides is 3. The summed E-state index contributed by atoms with van der Waals surface area (Å²) in [6.45, 7) is -1.63. The van der Waals surface area contributed by atoms with Gasteiger partial charge in [0.2, 0.25) is 5.91 Å². The Bertz CT molecular complexity index is 263. The number of amides is 1. The van der Waals surface area contributed by atoms with Crippen LogP contribution in [0.25, 0.3) is 10.4 Å². The quantitative estimate of drug-likeness (QED) is 0.315. The number of halogens is 3. The van der Waals surface area contributed by atoms with Crippen LogP contribution in [-0.4, -0.2) is 38.4 Å². The number of azide groups is 1. The van der Waals surface area contributed by atoms with Gasteiger partial charge in [0.05, 0.1) is 0 Å². The topological polar surface area (TPSA) is 87.1 Å². The number of rotatable bonds is 7. The molecule has 1 amide bonds. The molecule has 1 N–H and O–H groups in total. The summed E-state index contributed by atoms with van der Waals surface area (Å²) >= 11 is 0. The fourth-order valence-corrected chi connectivity index (χ4v) is 0.733. The molecule has 0 aliphatic heterocycles. The molecule has 0 atom stereocenters. The maximum absolute atomic E-state index is 11.6. The minimum atomic E-state index is -4.43. The fourth-order valence-electron chi connectivity index (χ4n) is 0.733. The van der Waals surface area contributed by atoms with E-state index in [1.165, 1.54) is 0 Å². The molecule has 0 aliphatic carbocycles. The number of carbonyl (C=O) groups is 1. The van der Waals surface area contributed by atoms with E-state index >= 15 is 0 Å². The van der Waals surface area contributed by atoms with Crippen LogP contribution in [0.2, 0.25) is 0 Å². The summed E-state index contributed by atoms with van der Waals surface area (Å²) in [7, 11) is 0. The van der Waals surface area contributed by atoms with E-state index in [9.17, 15) is 18.0 Å². The van der Waals surface area contributed by atoms with Crippen LogP contribution in [0, 0.1) is 0 Å². The molecule has 0 saturated heterocycles. The third-order valence-electron chi connectivity index (χ3n) is 1.32. The lowest BCUT2D eigenvalue weighted by Crippen LogP contribution is -2.30. The van der Waals surface area contributed by atoms with E-state index in [2.05, 4.69) is 20.1 Å². The predicted molar refractivity (Wildman–Crippen MR) is 48.5 cm³/mol. The lowest BCUT2D eigenvalue weighted by Gasteiger charge is -2.07. The zero-order valence-corrected chi connectivity index (χ0v) is 8.33. The lowest BCUT2D eigenvalue weighted by atomic mass is 10.4. The maximum atomic E-state index is 11.6. The van der Waals surface area contributed by atoms with E-state index in [0.29, 0.717) is 6.42 Å². The van der Waals surface area contributed by atoms with Gasteiger partial charge in [-0.15, -0.1) is 0 Å². The van der Waals surface area contributed by atoms with Crippen molar-refractivity contribution >= 4 is 5.91 Å². The highest BCUT2D eigenvalue weighted by Crippen LogP contribution is 2.13. The highest BCUT2D eigenvalue weighted by molar-refractivity contribution is 5.77. The number of ether oxygens (including phenoxy) is 1. The minimum absolute atomic E-state index is 0.222. The lowest BCUT2D eigenvalue weighted by molar-refractivity contribution is -0.175. The summed E-state index contributed by atoms with van der Waals surface area (Å²) in [5.74, 6) is -0.634. The van der Waals surface area contributed by atoms with Crippen LogP contribution >= 0.6 is 0 Å². The second-order valence-electron chi connectivity index (χ2n) is 2.77. The van der Waals surface area contributed by atoms with Crippen LogP contribution in [0.4, 0.5) is 13.2 Å². The van der Waals surface area contributed by atoms with Gasteiger partial charge in [-0.05, 0) is 12.0 Å². The van der Waals surface area contributed by atoms with Crippen LogP contribution in [0.15, 0.2) is 5.11 Å². The molecule has 92 valence electrons. The van der Waals surface area contributed by atoms with Crippen LogP contribution in [0.1, 0.15) is 6.42 Å². The van der Waals surface area contributed by atoms with Gasteiger partial charge < -0.3 is 10.1 Å². The number of nitrogens with zero attached hydrogens (tertiary/aromatic N) is 3. The van der Waals surface area contributed by atoms with Gasteiger partial charge >= 0.3 is 6.18 Å². The normalized spacial score (nSPS) is 10.7. The van der Waals surface area contributed by atoms with E-state index in [4.69, 9.17) is 5.53 Å². The Hall–Kier alpha value is -1.47. The van der Waals surface area contributed by atoms with Gasteiger partial charge in [0.15, 0.2) is 0 Å². The van der Waals surface area contributed by atoms with E-state index in [1.54, 1.807) is 0 Å². The molecule has 0 bridgehead atoms. The average Bonchev–Trinajstić information content (AvgIpc) is 2.15. The first-order valence-electron chi connectivity index (χ1n) is 4.38. The largest absolute Gasteiger partial charge is 0.411 e. The van der Waals surface area contributed by atoms with Crippen molar-refractivity contribution in [1.29, 1.82) is 0 Å². The number of hydrogen-bond donors (Lipinski definition) is 1. The highest BCUT2D eigenvalue weighted by atomic mass is 19.4. The minimum Gasteiger partial charge on any atom is -0.362 e. The molecule has 0 spiro atoms. The predicted octanol–water partition coefficient (Wildman–Crippen LogP) is 1.38. The Kier molecular flexibility index (Phi) is 7.06. The molecule has 16 heavy (non-hydrogen) atoms. The van der Waals surface area contributed by atoms with E-state index in [0.717, 1.165) is 0 Å². The van der Waals surface area contributed by atoms with Crippen molar-refractivity contribution in [3.63, 3.8) is 0 Å². The molecule has 0 unspecified atom stereocenters. The van der Waals surface area contributed by atoms with Crippen LogP contribution in [0.3, 0.4) is 0 Å². The van der Waals surface area contributed by atoms with Crippen molar-refractivity contribution in [3.05, 3.63) is 10.4 Å². The average molecular weight is 240 g/mol. The fraction of sp³-hybridized carbons (Fsp3) is 0.857. The molecule has 0 heterocycles. The van der Waals surface area contributed by atoms with Gasteiger partial charge in [-0.1, -0.05) is 5.11 Å². The highest BCUT2D eigenvalue weighted by Gasteiger charge is 2.27. The summed E-state index contributed by atoms with van der Waals surface area (Å²) in [6, 6.07) is 0. The first-order chi connectivity index (χ1) is 7.45. The summed E-state index contributed by atoms with van der Waals surface area (Å²) in [4.78, 5) is 13.3. The van der Waals surface area contributed by atoms with Gasteiger partial charge in [0.1, 0.15) is 13.2 Å². The maximum Gasteiger partial charge on any atom is 0.411 e. The SMILES string of the molecule is [N-]=[N+]=NCCCNC(=O)COCC(F)(F)F. The van der Waals surface area contributed by atoms with Crippen molar-refractivity contribution in [2.75, 3.05) is 26.3 Å². The first-order valence-corrected chi connectivity index (χ1v) is 4.38. The molecular formula is C7H11F3N4O2. The molecule has 0 radical (unpaired) electrons. The molecule has 0 fully saturated rings. The van der Waals surface area contributed by atoms with Crippen LogP contribution in [-0.2, 0) is 9.53 Å². The second kappa shape index (κ2) is 7.77. The summed E-state index contributed by atoms with van der Waals surface area (Å²) in [6.07, 6.45) is -4.00. The number of carbonyl (C=O) groups excluding carboxylic acids is 1. The molecule has 0 aromatic carbocycles. The zero-order valence-electron chi connectivity index (χ0n) is 8.33. The van der Waals surface area contributed by atoms with Crippen LogP contribution in [0.5, 0.6) is 0 Å². The molecule has 0 aromatic rings. The standard InChI is InChI=1S/C7H11F3N4O2/c8-7(9,10)5-16-4-6(15)12-2-1-3-13-14-11/h1-5H2,(H,12,15). The molecule has 9 heteroatoms. The van der Waals surface area contributed by atoms with Crippen molar-refractivity contribution in [1.82, 2.24) is 5.32 Å². The zero-order chi connectivity index (χ0) is 12.4. The van der Waals surface area contributed by atoms with E-state index in [1.807, 2.05) is 0 Å². The third-order valence-corrected chi connectivity index (χ3v) is 1.32. The Morgan fingerprint density at radius 1 is 1.50 bits per heavy atom. The molecule has 0 saturated carbocycles. The van der Waals surface area contributed by atoms with E-state index in [-0.39, 0.29) is 13.1 Å². The first kappa shape index (κ1) is 14.5. The third kappa shape index (κ3) is 10.6. The molecule has 0 aliphatic rings. The Labute approximate surface area is 89.4 Å². The van der Waals surface area contributed by atoms with Gasteiger partial charge in [-0.3, -0.25) is 4.79 Å². The summed E-state index contributed by atoms with van der Waals surface area (Å²) in [5.41, 5.74) is 7.91. The van der Waals surface area contributed by atoms with Crippen molar-refractivity contribution in [2.24, 2.45) is 5.11 Å². The monoisotopic (exact) mass is 240 g/mol. The van der Waals surface area contributed by atoms with Crippen molar-refractivity contribution in [2.45, 2.75) is 12.6 Å². The summed E-state index contributed by atoms with van der Waals surface area (Å²) < 4.78 is 38.9. The van der Waals surface area contributed by atoms with Gasteiger partial charge in [-0.2, -0.15) is 13.2 Å². The molecular weight excluding hydrogens is 229 g/mol. The Balaban J connectivity index is 3.42. The van der Waals surface area contributed by atoms with Gasteiger partial charge in [0, 0.05) is 18.0 Å². The molecule has 6 nitrogen and oxygen atoms in total. The second-order valence-corrected chi connectivity index (χ2v) is 2.77. The van der Waals surface area contributed by atoms with Gasteiger partial charge in [0.25, 0.3) is 0 Å². The van der Waals surface area contributed by atoms with Crippen molar-refractivity contribution < 1.29 is 22.7 Å². The van der Waals surface area contributed by atoms with E-state index < -0.39 is 25.3 Å².